The number of pyridine rings is 1. The molecular weight excluding hydrogens is 434 g/mol. The molecule has 0 aliphatic carbocycles. The number of rotatable bonds is 5. The summed E-state index contributed by atoms with van der Waals surface area (Å²) >= 11 is 0. The highest BCUT2D eigenvalue weighted by atomic mass is 16.2. The number of nitrogens with zero attached hydrogens (tertiary/aromatic N) is 2. The first-order chi connectivity index (χ1) is 17.1. The number of nitrogens with one attached hydrogen (secondary N) is 1. The molecule has 1 aliphatic rings. The van der Waals surface area contributed by atoms with E-state index >= 15 is 0 Å². The number of aryl methyl sites for hydroxylation is 1. The third-order valence-electron chi connectivity index (χ3n) is 6.81. The van der Waals surface area contributed by atoms with Crippen LogP contribution in [0.2, 0.25) is 0 Å². The smallest absolute Gasteiger partial charge is 0.251 e. The molecule has 35 heavy (non-hydrogen) atoms. The van der Waals surface area contributed by atoms with Crippen LogP contribution >= 0.6 is 0 Å². The Balaban J connectivity index is 1.32. The van der Waals surface area contributed by atoms with Crippen LogP contribution in [0, 0.1) is 6.92 Å². The summed E-state index contributed by atoms with van der Waals surface area (Å²) in [7, 11) is 0. The highest BCUT2D eigenvalue weighted by Crippen LogP contribution is 2.33. The van der Waals surface area contributed by atoms with E-state index in [2.05, 4.69) is 23.5 Å². The number of likely N-dealkylation sites (tertiary alicyclic amines) is 1. The van der Waals surface area contributed by atoms with E-state index < -0.39 is 0 Å². The molecule has 0 bridgehead atoms. The number of para-hydroxylation sites is 1. The van der Waals surface area contributed by atoms with Crippen LogP contribution in [-0.4, -0.2) is 40.8 Å². The molecule has 2 amide bonds. The SMILES string of the molecule is Cc1nc2ccccc2c(-c2ccccc2)c1CC(=O)N1CCC(NC(=O)c2ccccc2)CC1. The van der Waals surface area contributed by atoms with E-state index in [1.165, 1.54) is 0 Å². The molecule has 1 N–H and O–H groups in total. The van der Waals surface area contributed by atoms with Gasteiger partial charge in [0.25, 0.3) is 5.91 Å². The Morgan fingerprint density at radius 2 is 1.51 bits per heavy atom. The number of carbonyl (C=O) groups excluding carboxylic acids is 2. The lowest BCUT2D eigenvalue weighted by molar-refractivity contribution is -0.131. The van der Waals surface area contributed by atoms with E-state index in [1.807, 2.05) is 78.6 Å². The van der Waals surface area contributed by atoms with Crippen molar-refractivity contribution in [3.63, 3.8) is 0 Å². The molecule has 5 nitrogen and oxygen atoms in total. The van der Waals surface area contributed by atoms with Crippen molar-refractivity contribution in [2.24, 2.45) is 0 Å². The first-order valence-electron chi connectivity index (χ1n) is 12.2. The van der Waals surface area contributed by atoms with E-state index in [4.69, 9.17) is 4.98 Å². The molecule has 0 unspecified atom stereocenters. The fraction of sp³-hybridized carbons (Fsp3) is 0.233. The van der Waals surface area contributed by atoms with Crippen molar-refractivity contribution in [1.29, 1.82) is 0 Å². The van der Waals surface area contributed by atoms with Crippen LogP contribution in [0.25, 0.3) is 22.0 Å². The van der Waals surface area contributed by atoms with E-state index in [9.17, 15) is 9.59 Å². The van der Waals surface area contributed by atoms with Crippen molar-refractivity contribution >= 4 is 22.7 Å². The lowest BCUT2D eigenvalue weighted by Crippen LogP contribution is -2.47. The molecule has 1 fully saturated rings. The van der Waals surface area contributed by atoms with E-state index in [0.29, 0.717) is 25.1 Å². The van der Waals surface area contributed by atoms with Gasteiger partial charge >= 0.3 is 0 Å². The molecule has 0 saturated carbocycles. The molecule has 4 aromatic rings. The van der Waals surface area contributed by atoms with Crippen LogP contribution in [0.4, 0.5) is 0 Å². The third kappa shape index (κ3) is 4.94. The second kappa shape index (κ2) is 10.1. The topological polar surface area (TPSA) is 62.3 Å². The van der Waals surface area contributed by atoms with Crippen molar-refractivity contribution in [3.05, 3.63) is 102 Å². The first kappa shape index (κ1) is 22.8. The summed E-state index contributed by atoms with van der Waals surface area (Å²) in [4.78, 5) is 32.6. The molecule has 2 heterocycles. The minimum absolute atomic E-state index is 0.0549. The van der Waals surface area contributed by atoms with E-state index in [-0.39, 0.29) is 17.9 Å². The molecule has 5 rings (SSSR count). The fourth-order valence-electron chi connectivity index (χ4n) is 4.92. The van der Waals surface area contributed by atoms with Crippen LogP contribution < -0.4 is 5.32 Å². The van der Waals surface area contributed by atoms with Crippen molar-refractivity contribution in [1.82, 2.24) is 15.2 Å². The van der Waals surface area contributed by atoms with Crippen LogP contribution in [0.15, 0.2) is 84.9 Å². The van der Waals surface area contributed by atoms with Gasteiger partial charge in [-0.3, -0.25) is 14.6 Å². The highest BCUT2D eigenvalue weighted by Gasteiger charge is 2.26. The Morgan fingerprint density at radius 1 is 0.886 bits per heavy atom. The predicted octanol–water partition coefficient (Wildman–Crippen LogP) is 5.17. The summed E-state index contributed by atoms with van der Waals surface area (Å²) in [6.45, 7) is 3.27. The maximum Gasteiger partial charge on any atom is 0.251 e. The Hall–Kier alpha value is -3.99. The quantitative estimate of drug-likeness (QED) is 0.444. The van der Waals surface area contributed by atoms with Crippen LogP contribution in [0.5, 0.6) is 0 Å². The molecule has 0 spiro atoms. The number of aromatic nitrogens is 1. The van der Waals surface area contributed by atoms with Gasteiger partial charge in [0, 0.05) is 35.8 Å². The van der Waals surface area contributed by atoms with E-state index in [0.717, 1.165) is 46.1 Å². The molecule has 3 aromatic carbocycles. The van der Waals surface area contributed by atoms with Crippen molar-refractivity contribution in [2.45, 2.75) is 32.2 Å². The second-order valence-corrected chi connectivity index (χ2v) is 9.11. The maximum absolute atomic E-state index is 13.4. The largest absolute Gasteiger partial charge is 0.349 e. The summed E-state index contributed by atoms with van der Waals surface area (Å²) in [5.41, 5.74) is 5.67. The zero-order valence-electron chi connectivity index (χ0n) is 19.9. The Labute approximate surface area is 205 Å². The van der Waals surface area contributed by atoms with E-state index in [1.54, 1.807) is 0 Å². The summed E-state index contributed by atoms with van der Waals surface area (Å²) in [5, 5.41) is 4.18. The van der Waals surface area contributed by atoms with Crippen molar-refractivity contribution < 1.29 is 9.59 Å². The minimum atomic E-state index is -0.0549. The Kier molecular flexibility index (Phi) is 6.57. The zero-order valence-corrected chi connectivity index (χ0v) is 19.9. The van der Waals surface area contributed by atoms with Gasteiger partial charge in [-0.05, 0) is 54.7 Å². The molecule has 1 saturated heterocycles. The summed E-state index contributed by atoms with van der Waals surface area (Å²) in [6.07, 6.45) is 1.82. The average Bonchev–Trinajstić information content (AvgIpc) is 2.90. The number of carbonyl (C=O) groups is 2. The lowest BCUT2D eigenvalue weighted by Gasteiger charge is -2.33. The van der Waals surface area contributed by atoms with Gasteiger partial charge < -0.3 is 10.2 Å². The molecule has 1 aliphatic heterocycles. The Morgan fingerprint density at radius 3 is 2.23 bits per heavy atom. The Bertz CT molecular complexity index is 1340. The normalized spacial score (nSPS) is 14.1. The molecule has 0 atom stereocenters. The standard InChI is InChI=1S/C30H29N3O2/c1-21-26(29(22-10-4-2-5-11-22)25-14-8-9-15-27(25)31-21)20-28(34)33-18-16-24(17-19-33)32-30(35)23-12-6-3-7-13-23/h2-15,24H,16-20H2,1H3,(H,32,35). The molecule has 176 valence electrons. The van der Waals surface area contributed by atoms with Gasteiger partial charge in [-0.1, -0.05) is 66.7 Å². The van der Waals surface area contributed by atoms with Gasteiger partial charge in [-0.15, -0.1) is 0 Å². The fourth-order valence-corrected chi connectivity index (χ4v) is 4.92. The molecule has 5 heteroatoms. The predicted molar refractivity (Wildman–Crippen MR) is 139 cm³/mol. The first-order valence-corrected chi connectivity index (χ1v) is 12.2. The molecule has 1 aromatic heterocycles. The van der Waals surface area contributed by atoms with Gasteiger partial charge in [0.1, 0.15) is 0 Å². The van der Waals surface area contributed by atoms with Gasteiger partial charge in [-0.25, -0.2) is 0 Å². The number of benzene rings is 3. The van der Waals surface area contributed by atoms with Gasteiger partial charge in [0.2, 0.25) is 5.91 Å². The monoisotopic (exact) mass is 463 g/mol. The third-order valence-corrected chi connectivity index (χ3v) is 6.81. The van der Waals surface area contributed by atoms with Gasteiger partial charge in [0.15, 0.2) is 0 Å². The summed E-state index contributed by atoms with van der Waals surface area (Å²) in [5.74, 6) is 0.0518. The number of amides is 2. The van der Waals surface area contributed by atoms with Crippen LogP contribution in [0.1, 0.15) is 34.5 Å². The molecule has 0 radical (unpaired) electrons. The van der Waals surface area contributed by atoms with Gasteiger partial charge in [0.05, 0.1) is 11.9 Å². The number of hydrogen-bond donors (Lipinski definition) is 1. The highest BCUT2D eigenvalue weighted by molar-refractivity contribution is 5.98. The average molecular weight is 464 g/mol. The maximum atomic E-state index is 13.4. The van der Waals surface area contributed by atoms with Crippen molar-refractivity contribution in [2.75, 3.05) is 13.1 Å². The minimum Gasteiger partial charge on any atom is -0.349 e. The van der Waals surface area contributed by atoms with Crippen LogP contribution in [-0.2, 0) is 11.2 Å². The number of fused-ring (bicyclic) bond motifs is 1. The summed E-state index contributed by atoms with van der Waals surface area (Å²) in [6, 6.07) is 27.7. The van der Waals surface area contributed by atoms with Crippen molar-refractivity contribution in [3.8, 4) is 11.1 Å². The zero-order chi connectivity index (χ0) is 24.2. The number of hydrogen-bond acceptors (Lipinski definition) is 3. The number of piperidine rings is 1. The summed E-state index contributed by atoms with van der Waals surface area (Å²) < 4.78 is 0. The second-order valence-electron chi connectivity index (χ2n) is 9.11. The van der Waals surface area contributed by atoms with Crippen LogP contribution in [0.3, 0.4) is 0 Å². The van der Waals surface area contributed by atoms with Gasteiger partial charge in [-0.2, -0.15) is 0 Å². The lowest BCUT2D eigenvalue weighted by atomic mass is 9.92. The molecular formula is C30H29N3O2.